The smallest absolute Gasteiger partial charge is 0.240 e. The summed E-state index contributed by atoms with van der Waals surface area (Å²) in [6.07, 6.45) is 2.35. The van der Waals surface area contributed by atoms with Gasteiger partial charge in [0, 0.05) is 0 Å². The molecular formula is C10H23N2O+. The molecule has 0 aliphatic heterocycles. The van der Waals surface area contributed by atoms with Crippen molar-refractivity contribution in [2.24, 2.45) is 5.73 Å². The van der Waals surface area contributed by atoms with Gasteiger partial charge in [-0.15, -0.1) is 0 Å². The number of rotatable bonds is 4. The lowest BCUT2D eigenvalue weighted by Crippen LogP contribution is -2.39. The molecule has 0 aliphatic rings. The molecule has 0 unspecified atom stereocenters. The van der Waals surface area contributed by atoms with E-state index in [0.29, 0.717) is 0 Å². The zero-order chi connectivity index (χ0) is 10.9. The minimum absolute atomic E-state index is 0.481. The van der Waals surface area contributed by atoms with Crippen molar-refractivity contribution in [1.82, 2.24) is 0 Å². The Morgan fingerprint density at radius 1 is 1.46 bits per heavy atom. The van der Waals surface area contributed by atoms with Crippen LogP contribution in [0.1, 0.15) is 20.3 Å². The zero-order valence-electron chi connectivity index (χ0n) is 9.34. The maximum absolute atomic E-state index is 9.47. The van der Waals surface area contributed by atoms with Gasteiger partial charge < -0.3 is 10.2 Å². The van der Waals surface area contributed by atoms with Gasteiger partial charge in [0.1, 0.15) is 0 Å². The number of amides is 1. The second-order valence-corrected chi connectivity index (χ2v) is 3.58. The third kappa shape index (κ3) is 14.1. The molecule has 3 heteroatoms. The summed E-state index contributed by atoms with van der Waals surface area (Å²) in [4.78, 5) is 9.47. The average Bonchev–Trinajstić information content (AvgIpc) is 2.05. The number of nitrogens with two attached hydrogens (primary N) is 1. The lowest BCUT2D eigenvalue weighted by atomic mass is 10.4. The van der Waals surface area contributed by atoms with Gasteiger partial charge in [0.2, 0.25) is 5.91 Å². The fraction of sp³-hybridized carbons (Fsp3) is 0.700. The Labute approximate surface area is 81.8 Å². The first kappa shape index (κ1) is 14.7. The van der Waals surface area contributed by atoms with Gasteiger partial charge in [-0.2, -0.15) is 0 Å². The summed E-state index contributed by atoms with van der Waals surface area (Å²) in [5.74, 6) is -0.481. The summed E-state index contributed by atoms with van der Waals surface area (Å²) in [6.45, 7) is 10.1. The largest absolute Gasteiger partial charge is 0.366 e. The zero-order valence-corrected chi connectivity index (χ0v) is 9.34. The summed E-state index contributed by atoms with van der Waals surface area (Å²) in [5.41, 5.74) is 4.53. The maximum atomic E-state index is 9.47. The average molecular weight is 187 g/mol. The first-order valence-corrected chi connectivity index (χ1v) is 4.63. The van der Waals surface area contributed by atoms with E-state index in [1.165, 1.54) is 19.5 Å². The molecule has 0 aromatic carbocycles. The van der Waals surface area contributed by atoms with Gasteiger partial charge in [-0.1, -0.05) is 13.5 Å². The van der Waals surface area contributed by atoms with Gasteiger partial charge in [0.05, 0.1) is 27.2 Å². The molecule has 0 aromatic heterocycles. The lowest BCUT2D eigenvalue weighted by molar-refractivity contribution is -0.888. The highest BCUT2D eigenvalue weighted by molar-refractivity contribution is 5.84. The van der Waals surface area contributed by atoms with Crippen molar-refractivity contribution in [2.45, 2.75) is 20.3 Å². The molecule has 0 radical (unpaired) electrons. The van der Waals surface area contributed by atoms with E-state index >= 15 is 0 Å². The summed E-state index contributed by atoms with van der Waals surface area (Å²) in [7, 11) is 4.53. The number of nitrogens with zero attached hydrogens (tertiary/aromatic N) is 1. The molecule has 0 rings (SSSR count). The van der Waals surface area contributed by atoms with E-state index in [1.807, 2.05) is 0 Å². The van der Waals surface area contributed by atoms with E-state index in [-0.39, 0.29) is 0 Å². The van der Waals surface area contributed by atoms with Crippen LogP contribution in [0.15, 0.2) is 12.7 Å². The van der Waals surface area contributed by atoms with E-state index < -0.39 is 5.91 Å². The molecular weight excluding hydrogens is 164 g/mol. The molecule has 0 bridgehead atoms. The molecule has 13 heavy (non-hydrogen) atoms. The Kier molecular flexibility index (Phi) is 8.81. The second kappa shape index (κ2) is 7.80. The van der Waals surface area contributed by atoms with Crippen LogP contribution in [0.4, 0.5) is 0 Å². The van der Waals surface area contributed by atoms with E-state index in [1.54, 1.807) is 0 Å². The van der Waals surface area contributed by atoms with E-state index in [9.17, 15) is 4.79 Å². The fourth-order valence-corrected chi connectivity index (χ4v) is 0.763. The van der Waals surface area contributed by atoms with Crippen molar-refractivity contribution in [3.8, 4) is 0 Å². The van der Waals surface area contributed by atoms with Crippen molar-refractivity contribution in [1.29, 1.82) is 0 Å². The van der Waals surface area contributed by atoms with Crippen LogP contribution in [0.25, 0.3) is 0 Å². The monoisotopic (exact) mass is 187 g/mol. The standard InChI is InChI=1S/C7H18N.C3H5NO/c1-5-7-8(3,4)6-2;1-2-3(4)5/h5-7H2,1-4H3;2H,1H2,(H2,4,5)/q+1;. The minimum Gasteiger partial charge on any atom is -0.366 e. The molecule has 78 valence electrons. The normalized spacial score (nSPS) is 9.85. The molecule has 0 aromatic rings. The van der Waals surface area contributed by atoms with Crippen LogP contribution in [0.2, 0.25) is 0 Å². The number of hydrogen-bond acceptors (Lipinski definition) is 1. The number of carbonyl (C=O) groups excluding carboxylic acids is 1. The van der Waals surface area contributed by atoms with Crippen LogP contribution in [-0.2, 0) is 4.79 Å². The quantitative estimate of drug-likeness (QED) is 0.520. The van der Waals surface area contributed by atoms with Crippen molar-refractivity contribution in [3.63, 3.8) is 0 Å². The SMILES string of the molecule is C=CC(N)=O.CCC[N+](C)(C)CC. The Morgan fingerprint density at radius 3 is 1.92 bits per heavy atom. The number of primary amides is 1. The second-order valence-electron chi connectivity index (χ2n) is 3.58. The summed E-state index contributed by atoms with van der Waals surface area (Å²) >= 11 is 0. The van der Waals surface area contributed by atoms with E-state index in [0.717, 1.165) is 10.6 Å². The maximum Gasteiger partial charge on any atom is 0.240 e. The van der Waals surface area contributed by atoms with Crippen molar-refractivity contribution >= 4 is 5.91 Å². The molecule has 0 fully saturated rings. The van der Waals surface area contributed by atoms with Crippen LogP contribution < -0.4 is 5.73 Å². The van der Waals surface area contributed by atoms with Gasteiger partial charge in [-0.05, 0) is 19.4 Å². The van der Waals surface area contributed by atoms with Gasteiger partial charge in [0.25, 0.3) is 0 Å². The van der Waals surface area contributed by atoms with E-state index in [4.69, 9.17) is 0 Å². The molecule has 1 amide bonds. The van der Waals surface area contributed by atoms with Crippen LogP contribution in [-0.4, -0.2) is 37.6 Å². The molecule has 0 spiro atoms. The number of hydrogen-bond donors (Lipinski definition) is 1. The predicted molar refractivity (Wildman–Crippen MR) is 57.2 cm³/mol. The van der Waals surface area contributed by atoms with E-state index in [2.05, 4.69) is 40.3 Å². The Balaban J connectivity index is 0. The summed E-state index contributed by atoms with van der Waals surface area (Å²) in [5, 5.41) is 0. The summed E-state index contributed by atoms with van der Waals surface area (Å²) in [6, 6.07) is 0. The topological polar surface area (TPSA) is 43.1 Å². The Hall–Kier alpha value is -0.830. The highest BCUT2D eigenvalue weighted by Crippen LogP contribution is 1.95. The van der Waals surface area contributed by atoms with Gasteiger partial charge in [-0.3, -0.25) is 4.79 Å². The molecule has 0 aliphatic carbocycles. The molecule has 0 atom stereocenters. The number of carbonyl (C=O) groups is 1. The minimum atomic E-state index is -0.481. The van der Waals surface area contributed by atoms with Crippen LogP contribution in [0.5, 0.6) is 0 Å². The van der Waals surface area contributed by atoms with Crippen LogP contribution >= 0.6 is 0 Å². The van der Waals surface area contributed by atoms with Crippen LogP contribution in [0, 0.1) is 0 Å². The first-order valence-electron chi connectivity index (χ1n) is 4.63. The third-order valence-corrected chi connectivity index (χ3v) is 1.89. The summed E-state index contributed by atoms with van der Waals surface area (Å²) < 4.78 is 1.16. The highest BCUT2D eigenvalue weighted by Gasteiger charge is 2.07. The molecule has 0 saturated heterocycles. The molecule has 0 heterocycles. The highest BCUT2D eigenvalue weighted by atomic mass is 16.1. The van der Waals surface area contributed by atoms with Gasteiger partial charge >= 0.3 is 0 Å². The van der Waals surface area contributed by atoms with Gasteiger partial charge in [-0.25, -0.2) is 0 Å². The van der Waals surface area contributed by atoms with Crippen molar-refractivity contribution < 1.29 is 9.28 Å². The fourth-order valence-electron chi connectivity index (χ4n) is 0.763. The molecule has 3 nitrogen and oxygen atoms in total. The molecule has 0 saturated carbocycles. The predicted octanol–water partition coefficient (Wildman–Crippen LogP) is 1.15. The van der Waals surface area contributed by atoms with Crippen molar-refractivity contribution in [3.05, 3.63) is 12.7 Å². The van der Waals surface area contributed by atoms with Gasteiger partial charge in [0.15, 0.2) is 0 Å². The third-order valence-electron chi connectivity index (χ3n) is 1.89. The van der Waals surface area contributed by atoms with Crippen molar-refractivity contribution in [2.75, 3.05) is 27.2 Å². The first-order chi connectivity index (χ1) is 5.89. The Morgan fingerprint density at radius 2 is 1.85 bits per heavy atom. The Bertz CT molecular complexity index is 153. The van der Waals surface area contributed by atoms with Crippen LogP contribution in [0.3, 0.4) is 0 Å². The molecule has 2 N–H and O–H groups in total. The number of quaternary nitrogens is 1. The lowest BCUT2D eigenvalue weighted by Gasteiger charge is -2.27.